The van der Waals surface area contributed by atoms with E-state index in [0.29, 0.717) is 25.1 Å². The van der Waals surface area contributed by atoms with Crippen LogP contribution >= 0.6 is 0 Å². The highest BCUT2D eigenvalue weighted by molar-refractivity contribution is 5.96. The van der Waals surface area contributed by atoms with Gasteiger partial charge in [-0.15, -0.1) is 0 Å². The van der Waals surface area contributed by atoms with Crippen LogP contribution < -0.4 is 10.6 Å². The number of carbonyl (C=O) groups is 2. The molecular weight excluding hydrogens is 256 g/mol. The van der Waals surface area contributed by atoms with Gasteiger partial charge in [0, 0.05) is 18.7 Å². The third-order valence-corrected chi connectivity index (χ3v) is 3.30. The molecule has 1 saturated heterocycles. The molecule has 1 aliphatic heterocycles. The highest BCUT2D eigenvalue weighted by Gasteiger charge is 2.29. The molecule has 5 nitrogen and oxygen atoms in total. The number of anilines is 1. The van der Waals surface area contributed by atoms with Gasteiger partial charge in [-0.05, 0) is 50.6 Å². The minimum absolute atomic E-state index is 0.0814. The molecule has 5 heteroatoms. The normalized spacial score (nSPS) is 18.7. The van der Waals surface area contributed by atoms with Crippen LogP contribution in [0.25, 0.3) is 0 Å². The Labute approximate surface area is 118 Å². The van der Waals surface area contributed by atoms with Crippen molar-refractivity contribution in [2.75, 3.05) is 18.0 Å². The third-order valence-electron chi connectivity index (χ3n) is 3.30. The number of nitrogens with zero attached hydrogens (tertiary/aromatic N) is 1. The molecule has 0 aliphatic carbocycles. The Morgan fingerprint density at radius 3 is 2.55 bits per heavy atom. The average molecular weight is 276 g/mol. The molecule has 20 heavy (non-hydrogen) atoms. The van der Waals surface area contributed by atoms with Crippen molar-refractivity contribution in [3.05, 3.63) is 29.8 Å². The maximum Gasteiger partial charge on any atom is 0.338 e. The first kappa shape index (κ1) is 14.5. The fraction of sp³-hybridized carbons (Fsp3) is 0.467. The van der Waals surface area contributed by atoms with Gasteiger partial charge in [0.15, 0.2) is 0 Å². The van der Waals surface area contributed by atoms with Crippen molar-refractivity contribution in [1.82, 2.24) is 0 Å². The number of rotatable bonds is 4. The van der Waals surface area contributed by atoms with E-state index in [4.69, 9.17) is 10.5 Å². The van der Waals surface area contributed by atoms with Gasteiger partial charge in [-0.3, -0.25) is 4.79 Å². The summed E-state index contributed by atoms with van der Waals surface area (Å²) in [5.74, 6) is -0.0508. The highest BCUT2D eigenvalue weighted by atomic mass is 16.5. The van der Waals surface area contributed by atoms with Crippen LogP contribution in [-0.4, -0.2) is 31.1 Å². The standard InChI is InChI=1S/C15H20N2O3/c1-10(2)20-15(19)12-3-5-13(6-4-12)17-9-11(8-16)7-14(17)18/h3-6,10-11H,7-9,16H2,1-2H3. The van der Waals surface area contributed by atoms with Crippen LogP contribution in [0.5, 0.6) is 0 Å². The topological polar surface area (TPSA) is 72.6 Å². The maximum atomic E-state index is 11.9. The second-order valence-electron chi connectivity index (χ2n) is 5.31. The Morgan fingerprint density at radius 2 is 2.05 bits per heavy atom. The lowest BCUT2D eigenvalue weighted by molar-refractivity contribution is -0.117. The molecule has 1 heterocycles. The molecule has 0 bridgehead atoms. The van der Waals surface area contributed by atoms with Gasteiger partial charge in [-0.2, -0.15) is 0 Å². The number of nitrogens with two attached hydrogens (primary N) is 1. The quantitative estimate of drug-likeness (QED) is 0.847. The predicted molar refractivity (Wildman–Crippen MR) is 76.5 cm³/mol. The molecule has 1 atom stereocenters. The maximum absolute atomic E-state index is 11.9. The summed E-state index contributed by atoms with van der Waals surface area (Å²) in [4.78, 5) is 25.3. The number of esters is 1. The number of ether oxygens (including phenoxy) is 1. The Hall–Kier alpha value is -1.88. The van der Waals surface area contributed by atoms with E-state index in [0.717, 1.165) is 5.69 Å². The minimum Gasteiger partial charge on any atom is -0.459 e. The van der Waals surface area contributed by atoms with E-state index in [1.807, 2.05) is 13.8 Å². The minimum atomic E-state index is -0.348. The molecule has 1 aliphatic rings. The van der Waals surface area contributed by atoms with Crippen LogP contribution in [0.4, 0.5) is 5.69 Å². The van der Waals surface area contributed by atoms with E-state index in [2.05, 4.69) is 0 Å². The Bertz CT molecular complexity index is 496. The van der Waals surface area contributed by atoms with Gasteiger partial charge in [0.2, 0.25) is 5.91 Å². The molecule has 0 saturated carbocycles. The van der Waals surface area contributed by atoms with E-state index in [1.165, 1.54) is 0 Å². The molecule has 1 aromatic carbocycles. The van der Waals surface area contributed by atoms with E-state index < -0.39 is 0 Å². The number of carbonyl (C=O) groups excluding carboxylic acids is 2. The molecule has 2 rings (SSSR count). The van der Waals surface area contributed by atoms with Crippen molar-refractivity contribution in [1.29, 1.82) is 0 Å². The molecule has 1 fully saturated rings. The second-order valence-corrected chi connectivity index (χ2v) is 5.31. The molecule has 1 unspecified atom stereocenters. The van der Waals surface area contributed by atoms with E-state index in [1.54, 1.807) is 29.2 Å². The fourth-order valence-corrected chi connectivity index (χ4v) is 2.25. The van der Waals surface area contributed by atoms with Crippen molar-refractivity contribution in [3.8, 4) is 0 Å². The lowest BCUT2D eigenvalue weighted by Crippen LogP contribution is -2.25. The first-order valence-corrected chi connectivity index (χ1v) is 6.82. The molecule has 1 aromatic rings. The van der Waals surface area contributed by atoms with E-state index in [-0.39, 0.29) is 23.9 Å². The smallest absolute Gasteiger partial charge is 0.338 e. The molecule has 108 valence electrons. The van der Waals surface area contributed by atoms with Crippen molar-refractivity contribution >= 4 is 17.6 Å². The summed E-state index contributed by atoms with van der Waals surface area (Å²) in [5, 5.41) is 0. The largest absolute Gasteiger partial charge is 0.459 e. The van der Waals surface area contributed by atoms with Crippen molar-refractivity contribution in [3.63, 3.8) is 0 Å². The zero-order valence-corrected chi connectivity index (χ0v) is 11.8. The summed E-state index contributed by atoms with van der Waals surface area (Å²) in [5.41, 5.74) is 6.89. The number of benzene rings is 1. The first-order chi connectivity index (χ1) is 9.51. The SMILES string of the molecule is CC(C)OC(=O)c1ccc(N2CC(CN)CC2=O)cc1. The summed E-state index contributed by atoms with van der Waals surface area (Å²) in [6, 6.07) is 6.91. The molecule has 2 N–H and O–H groups in total. The monoisotopic (exact) mass is 276 g/mol. The first-order valence-electron chi connectivity index (χ1n) is 6.82. The van der Waals surface area contributed by atoms with Crippen molar-refractivity contribution in [2.24, 2.45) is 11.7 Å². The van der Waals surface area contributed by atoms with Crippen molar-refractivity contribution in [2.45, 2.75) is 26.4 Å². The molecule has 0 radical (unpaired) electrons. The molecule has 0 spiro atoms. The zero-order valence-electron chi connectivity index (χ0n) is 11.8. The Kier molecular flexibility index (Phi) is 4.39. The van der Waals surface area contributed by atoms with Crippen molar-refractivity contribution < 1.29 is 14.3 Å². The van der Waals surface area contributed by atoms with Gasteiger partial charge < -0.3 is 15.4 Å². The second kappa shape index (κ2) is 6.05. The van der Waals surface area contributed by atoms with E-state index >= 15 is 0 Å². The Morgan fingerprint density at radius 1 is 1.40 bits per heavy atom. The third kappa shape index (κ3) is 3.17. The molecule has 0 aromatic heterocycles. The average Bonchev–Trinajstić information content (AvgIpc) is 2.79. The van der Waals surface area contributed by atoms with E-state index in [9.17, 15) is 9.59 Å². The molecular formula is C15H20N2O3. The van der Waals surface area contributed by atoms with Gasteiger partial charge in [0.1, 0.15) is 0 Å². The Balaban J connectivity index is 2.09. The molecule has 1 amide bonds. The van der Waals surface area contributed by atoms with Gasteiger partial charge in [-0.25, -0.2) is 4.79 Å². The van der Waals surface area contributed by atoms with Crippen LogP contribution in [0.1, 0.15) is 30.6 Å². The predicted octanol–water partition coefficient (Wildman–Crippen LogP) is 1.56. The van der Waals surface area contributed by atoms with Gasteiger partial charge >= 0.3 is 5.97 Å². The zero-order chi connectivity index (χ0) is 14.7. The fourth-order valence-electron chi connectivity index (χ4n) is 2.25. The summed E-state index contributed by atoms with van der Waals surface area (Å²) < 4.78 is 5.12. The summed E-state index contributed by atoms with van der Waals surface area (Å²) in [6.45, 7) is 4.77. The number of hydrogen-bond acceptors (Lipinski definition) is 4. The van der Waals surface area contributed by atoms with Crippen LogP contribution in [-0.2, 0) is 9.53 Å². The lowest BCUT2D eigenvalue weighted by Gasteiger charge is -2.17. The number of amides is 1. The van der Waals surface area contributed by atoms with Crippen LogP contribution in [0, 0.1) is 5.92 Å². The number of hydrogen-bond donors (Lipinski definition) is 1. The highest BCUT2D eigenvalue weighted by Crippen LogP contribution is 2.24. The van der Waals surface area contributed by atoms with Gasteiger partial charge in [-0.1, -0.05) is 0 Å². The van der Waals surface area contributed by atoms with Crippen LogP contribution in [0.3, 0.4) is 0 Å². The van der Waals surface area contributed by atoms with Gasteiger partial charge in [0.25, 0.3) is 0 Å². The van der Waals surface area contributed by atoms with Crippen LogP contribution in [0.15, 0.2) is 24.3 Å². The lowest BCUT2D eigenvalue weighted by atomic mass is 10.1. The summed E-state index contributed by atoms with van der Waals surface area (Å²) in [6.07, 6.45) is 0.348. The van der Waals surface area contributed by atoms with Crippen LogP contribution in [0.2, 0.25) is 0 Å². The summed E-state index contributed by atoms with van der Waals surface area (Å²) >= 11 is 0. The summed E-state index contributed by atoms with van der Waals surface area (Å²) in [7, 11) is 0. The van der Waals surface area contributed by atoms with Gasteiger partial charge in [0.05, 0.1) is 11.7 Å².